The van der Waals surface area contributed by atoms with Crippen molar-refractivity contribution in [3.8, 4) is 0 Å². The molecule has 3 heterocycles. The summed E-state index contributed by atoms with van der Waals surface area (Å²) < 4.78 is 6.64. The van der Waals surface area contributed by atoms with Crippen molar-refractivity contribution in [3.05, 3.63) is 45.9 Å². The van der Waals surface area contributed by atoms with Crippen molar-refractivity contribution in [2.75, 3.05) is 18.1 Å². The van der Waals surface area contributed by atoms with Gasteiger partial charge in [-0.3, -0.25) is 14.0 Å². The molecule has 0 aromatic carbocycles. The van der Waals surface area contributed by atoms with E-state index in [1.54, 1.807) is 25.3 Å². The van der Waals surface area contributed by atoms with E-state index in [0.717, 1.165) is 19.3 Å². The molecule has 8 heteroatoms. The summed E-state index contributed by atoms with van der Waals surface area (Å²) in [4.78, 5) is 44.2. The summed E-state index contributed by atoms with van der Waals surface area (Å²) in [5, 5.41) is 2.83. The van der Waals surface area contributed by atoms with Crippen molar-refractivity contribution in [2.45, 2.75) is 46.2 Å². The molecule has 29 heavy (non-hydrogen) atoms. The molecule has 0 aliphatic carbocycles. The Bertz CT molecular complexity index is 1010. The monoisotopic (exact) mass is 398 g/mol. The van der Waals surface area contributed by atoms with Gasteiger partial charge in [0.15, 0.2) is 0 Å². The van der Waals surface area contributed by atoms with Crippen LogP contribution < -0.4 is 15.8 Å². The molecule has 1 N–H and O–H groups in total. The van der Waals surface area contributed by atoms with Crippen LogP contribution in [0.25, 0.3) is 11.7 Å². The molecule has 0 spiro atoms. The van der Waals surface area contributed by atoms with Crippen LogP contribution in [-0.2, 0) is 14.3 Å². The molecule has 0 saturated heterocycles. The van der Waals surface area contributed by atoms with Crippen LogP contribution in [0.1, 0.15) is 45.6 Å². The van der Waals surface area contributed by atoms with Crippen molar-refractivity contribution in [3.63, 3.8) is 0 Å². The number of hydrogen-bond acceptors (Lipinski definition) is 6. The van der Waals surface area contributed by atoms with Crippen LogP contribution in [0, 0.1) is 0 Å². The van der Waals surface area contributed by atoms with Crippen LogP contribution >= 0.6 is 0 Å². The van der Waals surface area contributed by atoms with Crippen LogP contribution in [0.3, 0.4) is 0 Å². The molecular formula is C21H26N4O4. The van der Waals surface area contributed by atoms with Gasteiger partial charge in [-0.2, -0.15) is 0 Å². The number of aromatic nitrogens is 2. The summed E-state index contributed by atoms with van der Waals surface area (Å²) in [5.41, 5.74) is 0.774. The number of fused-ring (bicyclic) bond motifs is 2. The largest absolute Gasteiger partial charge is 0.463 e. The van der Waals surface area contributed by atoms with Crippen LogP contribution in [0.2, 0.25) is 0 Å². The van der Waals surface area contributed by atoms with E-state index in [4.69, 9.17) is 4.74 Å². The Morgan fingerprint density at radius 1 is 1.24 bits per heavy atom. The van der Waals surface area contributed by atoms with E-state index in [0.29, 0.717) is 23.6 Å². The van der Waals surface area contributed by atoms with Crippen LogP contribution in [0.15, 0.2) is 34.8 Å². The van der Waals surface area contributed by atoms with Gasteiger partial charge in [-0.25, -0.2) is 9.78 Å². The number of amides is 1. The first-order chi connectivity index (χ1) is 14.0. The molecule has 1 atom stereocenters. The molecule has 154 valence electrons. The first-order valence-electron chi connectivity index (χ1n) is 9.91. The van der Waals surface area contributed by atoms with Gasteiger partial charge >= 0.3 is 5.97 Å². The quantitative estimate of drug-likeness (QED) is 0.567. The molecule has 1 aliphatic heterocycles. The Balaban J connectivity index is 2.21. The van der Waals surface area contributed by atoms with Crippen molar-refractivity contribution in [1.82, 2.24) is 14.7 Å². The van der Waals surface area contributed by atoms with Gasteiger partial charge in [-0.15, -0.1) is 0 Å². The number of carbonyl (C=O) groups is 2. The average Bonchev–Trinajstić information content (AvgIpc) is 2.69. The highest BCUT2D eigenvalue weighted by Crippen LogP contribution is 2.30. The SMILES string of the molecule is CCCCCN1c2nc3ccccn3c(=O)c2C=C(C(=O)OCC)[C@H]1NC(C)=O. The fourth-order valence-electron chi connectivity index (χ4n) is 3.46. The maximum atomic E-state index is 13.1. The van der Waals surface area contributed by atoms with E-state index in [-0.39, 0.29) is 23.6 Å². The van der Waals surface area contributed by atoms with Crippen molar-refractivity contribution in [2.24, 2.45) is 0 Å². The highest BCUT2D eigenvalue weighted by atomic mass is 16.5. The zero-order chi connectivity index (χ0) is 21.0. The maximum absolute atomic E-state index is 13.1. The predicted octanol–water partition coefficient (Wildman–Crippen LogP) is 2.11. The Labute approximate surface area is 169 Å². The summed E-state index contributed by atoms with van der Waals surface area (Å²) >= 11 is 0. The molecule has 0 saturated carbocycles. The summed E-state index contributed by atoms with van der Waals surface area (Å²) in [5.74, 6) is -0.384. The fraction of sp³-hybridized carbons (Fsp3) is 0.429. The van der Waals surface area contributed by atoms with Crippen molar-refractivity contribution >= 4 is 29.4 Å². The van der Waals surface area contributed by atoms with E-state index in [1.807, 2.05) is 11.0 Å². The Kier molecular flexibility index (Phi) is 6.31. The van der Waals surface area contributed by atoms with Gasteiger partial charge in [0.25, 0.3) is 5.56 Å². The molecule has 2 aromatic rings. The molecule has 1 aliphatic rings. The van der Waals surface area contributed by atoms with Gasteiger partial charge in [0.1, 0.15) is 17.6 Å². The second-order valence-electron chi connectivity index (χ2n) is 6.91. The van der Waals surface area contributed by atoms with Crippen LogP contribution in [0.5, 0.6) is 0 Å². The molecule has 0 radical (unpaired) electrons. The third kappa shape index (κ3) is 4.16. The minimum Gasteiger partial charge on any atom is -0.463 e. The van der Waals surface area contributed by atoms with Gasteiger partial charge in [-0.1, -0.05) is 25.8 Å². The number of esters is 1. The minimum absolute atomic E-state index is 0.195. The molecule has 3 rings (SSSR count). The third-order valence-electron chi connectivity index (χ3n) is 4.78. The van der Waals surface area contributed by atoms with E-state index < -0.39 is 12.1 Å². The van der Waals surface area contributed by atoms with E-state index >= 15 is 0 Å². The smallest absolute Gasteiger partial charge is 0.338 e. The topological polar surface area (TPSA) is 93.0 Å². The minimum atomic E-state index is -0.742. The molecule has 8 nitrogen and oxygen atoms in total. The second-order valence-corrected chi connectivity index (χ2v) is 6.91. The number of rotatable bonds is 7. The van der Waals surface area contributed by atoms with Gasteiger partial charge in [0.05, 0.1) is 17.7 Å². The second kappa shape index (κ2) is 8.89. The van der Waals surface area contributed by atoms with E-state index in [2.05, 4.69) is 17.2 Å². The number of hydrogen-bond donors (Lipinski definition) is 1. The van der Waals surface area contributed by atoms with E-state index in [1.165, 1.54) is 17.4 Å². The first-order valence-corrected chi connectivity index (χ1v) is 9.91. The van der Waals surface area contributed by atoms with Crippen LogP contribution in [-0.4, -0.2) is 40.6 Å². The standard InChI is InChI=1S/C21H26N4O4/c1-4-6-8-12-25-18-15(20(27)24-11-9-7-10-17(24)23-18)13-16(21(28)29-5-2)19(25)22-14(3)26/h7,9-11,13,19H,4-6,8,12H2,1-3H3,(H,22,26)/t19-/m0/s1. The fourth-order valence-corrected chi connectivity index (χ4v) is 3.46. The lowest BCUT2D eigenvalue weighted by atomic mass is 10.0. The molecular weight excluding hydrogens is 372 g/mol. The molecule has 0 bridgehead atoms. The van der Waals surface area contributed by atoms with Crippen LogP contribution in [0.4, 0.5) is 5.82 Å². The molecule has 1 amide bonds. The lowest BCUT2D eigenvalue weighted by molar-refractivity contribution is -0.138. The highest BCUT2D eigenvalue weighted by Gasteiger charge is 2.36. The first kappa shape index (κ1) is 20.6. The van der Waals surface area contributed by atoms with Gasteiger partial charge < -0.3 is 15.0 Å². The Hall–Kier alpha value is -3.16. The number of nitrogens with zero attached hydrogens (tertiary/aromatic N) is 3. The van der Waals surface area contributed by atoms with Gasteiger partial charge in [0.2, 0.25) is 5.91 Å². The summed E-state index contributed by atoms with van der Waals surface area (Å²) in [6.45, 7) is 5.94. The van der Waals surface area contributed by atoms with Crippen molar-refractivity contribution < 1.29 is 14.3 Å². The zero-order valence-electron chi connectivity index (χ0n) is 17.0. The average molecular weight is 398 g/mol. The number of nitrogens with one attached hydrogen (secondary N) is 1. The molecule has 0 fully saturated rings. The normalized spacial score (nSPS) is 15.6. The summed E-state index contributed by atoms with van der Waals surface area (Å²) in [6, 6.07) is 5.31. The lowest BCUT2D eigenvalue weighted by Crippen LogP contribution is -2.53. The number of carbonyl (C=O) groups excluding carboxylic acids is 2. The number of unbranched alkanes of at least 4 members (excludes halogenated alkanes) is 2. The van der Waals surface area contributed by atoms with E-state index in [9.17, 15) is 14.4 Å². The number of pyridine rings is 1. The third-order valence-corrected chi connectivity index (χ3v) is 4.78. The summed E-state index contributed by atoms with van der Waals surface area (Å²) in [7, 11) is 0. The van der Waals surface area contributed by atoms with Gasteiger partial charge in [0, 0.05) is 19.7 Å². The molecule has 2 aromatic heterocycles. The van der Waals surface area contributed by atoms with Gasteiger partial charge in [-0.05, 0) is 31.6 Å². The maximum Gasteiger partial charge on any atom is 0.338 e. The lowest BCUT2D eigenvalue weighted by Gasteiger charge is -2.37. The number of anilines is 1. The van der Waals surface area contributed by atoms with Crippen molar-refractivity contribution in [1.29, 1.82) is 0 Å². The highest BCUT2D eigenvalue weighted by molar-refractivity contribution is 5.99. The number of ether oxygens (including phenoxy) is 1. The summed E-state index contributed by atoms with van der Waals surface area (Å²) in [6.07, 6.45) is 5.22. The Morgan fingerprint density at radius 3 is 2.72 bits per heavy atom. The zero-order valence-corrected chi connectivity index (χ0v) is 17.0. The Morgan fingerprint density at radius 2 is 2.03 bits per heavy atom. The predicted molar refractivity (Wildman–Crippen MR) is 111 cm³/mol. The molecule has 0 unspecified atom stereocenters.